The van der Waals surface area contributed by atoms with Crippen molar-refractivity contribution in [3.05, 3.63) is 0 Å². The van der Waals surface area contributed by atoms with Crippen molar-refractivity contribution in [2.24, 2.45) is 4.99 Å². The van der Waals surface area contributed by atoms with Crippen LogP contribution < -0.4 is 10.6 Å². The van der Waals surface area contributed by atoms with Crippen LogP contribution in [0.15, 0.2) is 4.99 Å². The van der Waals surface area contributed by atoms with Crippen molar-refractivity contribution in [1.29, 1.82) is 0 Å². The number of hydrogen-bond acceptors (Lipinski definition) is 3. The van der Waals surface area contributed by atoms with Gasteiger partial charge in [0, 0.05) is 26.2 Å². The van der Waals surface area contributed by atoms with Crippen LogP contribution in [0, 0.1) is 0 Å². The van der Waals surface area contributed by atoms with E-state index >= 15 is 0 Å². The Labute approximate surface area is 144 Å². The van der Waals surface area contributed by atoms with Gasteiger partial charge in [0.1, 0.15) is 0 Å². The largest absolute Gasteiger partial charge is 0.356 e. The third-order valence-corrected chi connectivity index (χ3v) is 2.97. The predicted octanol–water partition coefficient (Wildman–Crippen LogP) is 1.78. The molecular weight excluding hydrogens is 387 g/mol. The first-order valence-electron chi connectivity index (χ1n) is 6.52. The van der Waals surface area contributed by atoms with Crippen molar-refractivity contribution in [2.45, 2.75) is 32.7 Å². The molecule has 0 bridgehead atoms. The maximum Gasteiger partial charge on any atom is 0.240 e. The molecule has 0 saturated heterocycles. The minimum absolute atomic E-state index is 0. The van der Waals surface area contributed by atoms with Crippen LogP contribution in [0.2, 0.25) is 0 Å². The molecule has 2 N–H and O–H groups in total. The molecule has 0 aromatic heterocycles. The van der Waals surface area contributed by atoms with Gasteiger partial charge in [0.2, 0.25) is 5.91 Å². The highest BCUT2D eigenvalue weighted by atomic mass is 127. The van der Waals surface area contributed by atoms with Crippen LogP contribution in [0.1, 0.15) is 27.2 Å². The van der Waals surface area contributed by atoms with E-state index in [9.17, 15) is 4.79 Å². The number of halogens is 1. The van der Waals surface area contributed by atoms with Crippen LogP contribution in [0.25, 0.3) is 0 Å². The number of carbonyl (C=O) groups excluding carboxylic acids is 1. The van der Waals surface area contributed by atoms with Crippen LogP contribution >= 0.6 is 35.7 Å². The molecule has 0 aliphatic heterocycles. The Balaban J connectivity index is 0. The molecule has 1 amide bonds. The standard InChI is InChI=1S/C13H28N4OS.HI/c1-13(2,3)16-11(18)10-17(5)12(14-4)15-8-7-9-19-6;/h7-10H2,1-6H3,(H,14,15)(H,16,18);1H. The van der Waals surface area contributed by atoms with Gasteiger partial charge in [-0.25, -0.2) is 0 Å². The lowest BCUT2D eigenvalue weighted by atomic mass is 10.1. The van der Waals surface area contributed by atoms with Crippen molar-refractivity contribution in [1.82, 2.24) is 15.5 Å². The molecule has 0 aliphatic rings. The molecule has 0 unspecified atom stereocenters. The summed E-state index contributed by atoms with van der Waals surface area (Å²) >= 11 is 1.83. The summed E-state index contributed by atoms with van der Waals surface area (Å²) in [5, 5.41) is 6.19. The number of guanidine groups is 1. The first kappa shape index (κ1) is 22.1. The Bertz CT molecular complexity index is 305. The molecule has 0 rings (SSSR count). The van der Waals surface area contributed by atoms with E-state index in [2.05, 4.69) is 21.9 Å². The van der Waals surface area contributed by atoms with Gasteiger partial charge in [-0.2, -0.15) is 11.8 Å². The summed E-state index contributed by atoms with van der Waals surface area (Å²) in [5.74, 6) is 1.88. The monoisotopic (exact) mass is 416 g/mol. The van der Waals surface area contributed by atoms with Gasteiger partial charge in [0.25, 0.3) is 0 Å². The Morgan fingerprint density at radius 2 is 1.95 bits per heavy atom. The number of hydrogen-bond donors (Lipinski definition) is 2. The van der Waals surface area contributed by atoms with Gasteiger partial charge in [0.05, 0.1) is 6.54 Å². The normalized spacial score (nSPS) is 11.6. The fraction of sp³-hybridized carbons (Fsp3) is 0.846. The highest BCUT2D eigenvalue weighted by molar-refractivity contribution is 14.0. The molecular formula is C13H29IN4OS. The fourth-order valence-electron chi connectivity index (χ4n) is 1.55. The SMILES string of the molecule is CN=C(NCCCSC)N(C)CC(=O)NC(C)(C)C.I. The summed E-state index contributed by atoms with van der Waals surface area (Å²) in [5.41, 5.74) is -0.201. The van der Waals surface area contributed by atoms with E-state index in [1.165, 1.54) is 0 Å². The third kappa shape index (κ3) is 11.6. The highest BCUT2D eigenvalue weighted by Crippen LogP contribution is 1.98. The second-order valence-corrected chi connectivity index (χ2v) is 6.46. The van der Waals surface area contributed by atoms with Gasteiger partial charge >= 0.3 is 0 Å². The number of nitrogens with one attached hydrogen (secondary N) is 2. The molecule has 0 fully saturated rings. The van der Waals surface area contributed by atoms with Crippen LogP contribution in [0.3, 0.4) is 0 Å². The molecule has 0 spiro atoms. The van der Waals surface area contributed by atoms with E-state index in [1.807, 2.05) is 44.5 Å². The number of aliphatic imine (C=N–C) groups is 1. The van der Waals surface area contributed by atoms with E-state index in [0.29, 0.717) is 6.54 Å². The molecule has 0 heterocycles. The number of thioether (sulfide) groups is 1. The zero-order valence-electron chi connectivity index (χ0n) is 13.4. The first-order valence-corrected chi connectivity index (χ1v) is 7.91. The zero-order chi connectivity index (χ0) is 14.9. The van der Waals surface area contributed by atoms with Gasteiger partial charge in [-0.3, -0.25) is 9.79 Å². The minimum Gasteiger partial charge on any atom is -0.356 e. The molecule has 0 aromatic carbocycles. The van der Waals surface area contributed by atoms with E-state index in [0.717, 1.165) is 24.7 Å². The number of carbonyl (C=O) groups is 1. The summed E-state index contributed by atoms with van der Waals surface area (Å²) in [6, 6.07) is 0. The lowest BCUT2D eigenvalue weighted by Crippen LogP contribution is -2.48. The summed E-state index contributed by atoms with van der Waals surface area (Å²) in [6.07, 6.45) is 3.18. The quantitative estimate of drug-likeness (QED) is 0.300. The molecule has 0 aromatic rings. The number of nitrogens with zero attached hydrogens (tertiary/aromatic N) is 2. The van der Waals surface area contributed by atoms with Crippen LogP contribution in [-0.2, 0) is 4.79 Å². The Morgan fingerprint density at radius 3 is 2.40 bits per heavy atom. The van der Waals surface area contributed by atoms with E-state index < -0.39 is 0 Å². The molecule has 7 heteroatoms. The minimum atomic E-state index is -0.201. The molecule has 0 atom stereocenters. The van der Waals surface area contributed by atoms with Crippen LogP contribution in [-0.4, -0.2) is 61.5 Å². The molecule has 0 saturated carbocycles. The Kier molecular flexibility index (Phi) is 12.7. The smallest absolute Gasteiger partial charge is 0.240 e. The van der Waals surface area contributed by atoms with Gasteiger partial charge in [0.15, 0.2) is 5.96 Å². The van der Waals surface area contributed by atoms with Gasteiger partial charge in [-0.05, 0) is 39.2 Å². The molecule has 120 valence electrons. The molecule has 20 heavy (non-hydrogen) atoms. The van der Waals surface area contributed by atoms with Crippen molar-refractivity contribution in [3.8, 4) is 0 Å². The van der Waals surface area contributed by atoms with Gasteiger partial charge < -0.3 is 15.5 Å². The summed E-state index contributed by atoms with van der Waals surface area (Å²) in [4.78, 5) is 17.8. The Hall–Kier alpha value is -0.180. The second kappa shape index (κ2) is 11.5. The summed E-state index contributed by atoms with van der Waals surface area (Å²) < 4.78 is 0. The van der Waals surface area contributed by atoms with Crippen molar-refractivity contribution >= 4 is 47.6 Å². The topological polar surface area (TPSA) is 56.7 Å². The maximum atomic E-state index is 11.8. The fourth-order valence-corrected chi connectivity index (χ4v) is 1.98. The van der Waals surface area contributed by atoms with Crippen molar-refractivity contribution in [2.75, 3.05) is 39.2 Å². The van der Waals surface area contributed by atoms with Gasteiger partial charge in [-0.1, -0.05) is 0 Å². The lowest BCUT2D eigenvalue weighted by Gasteiger charge is -2.25. The maximum absolute atomic E-state index is 11.8. The average molecular weight is 416 g/mol. The number of rotatable bonds is 6. The average Bonchev–Trinajstić information content (AvgIpc) is 2.26. The van der Waals surface area contributed by atoms with Crippen molar-refractivity contribution in [3.63, 3.8) is 0 Å². The van der Waals surface area contributed by atoms with E-state index in [-0.39, 0.29) is 35.4 Å². The van der Waals surface area contributed by atoms with Gasteiger partial charge in [-0.15, -0.1) is 24.0 Å². The van der Waals surface area contributed by atoms with Crippen LogP contribution in [0.4, 0.5) is 0 Å². The molecule has 5 nitrogen and oxygen atoms in total. The highest BCUT2D eigenvalue weighted by Gasteiger charge is 2.16. The Morgan fingerprint density at radius 1 is 1.35 bits per heavy atom. The van der Waals surface area contributed by atoms with E-state index in [1.54, 1.807) is 7.05 Å². The van der Waals surface area contributed by atoms with Crippen molar-refractivity contribution < 1.29 is 4.79 Å². The summed E-state index contributed by atoms with van der Waals surface area (Å²) in [7, 11) is 3.60. The zero-order valence-corrected chi connectivity index (χ0v) is 16.6. The molecule has 0 radical (unpaired) electrons. The van der Waals surface area contributed by atoms with Crippen LogP contribution in [0.5, 0.6) is 0 Å². The lowest BCUT2D eigenvalue weighted by molar-refractivity contribution is -0.122. The summed E-state index contributed by atoms with van der Waals surface area (Å²) in [6.45, 7) is 7.10. The first-order chi connectivity index (χ1) is 8.80. The van der Waals surface area contributed by atoms with E-state index in [4.69, 9.17) is 0 Å². The second-order valence-electron chi connectivity index (χ2n) is 5.47. The third-order valence-electron chi connectivity index (χ3n) is 2.28. The molecule has 0 aliphatic carbocycles. The number of likely N-dealkylation sites (N-methyl/N-ethyl adjacent to an activating group) is 1. The number of amides is 1. The predicted molar refractivity (Wildman–Crippen MR) is 100 cm³/mol.